The smallest absolute Gasteiger partial charge is 0.408 e. The van der Waals surface area contributed by atoms with Crippen molar-refractivity contribution in [3.05, 3.63) is 0 Å². The zero-order valence-corrected chi connectivity index (χ0v) is 11.5. The van der Waals surface area contributed by atoms with Gasteiger partial charge in [0, 0.05) is 6.42 Å². The summed E-state index contributed by atoms with van der Waals surface area (Å²) in [5, 5.41) is 28.4. The molecule has 0 radical (unpaired) electrons. The van der Waals surface area contributed by atoms with Crippen LogP contribution in [0.1, 0.15) is 33.6 Å². The van der Waals surface area contributed by atoms with Crippen LogP contribution in [0.3, 0.4) is 0 Å². The van der Waals surface area contributed by atoms with Gasteiger partial charge in [-0.25, -0.2) is 9.59 Å². The first-order valence-electron chi connectivity index (χ1n) is 5.89. The second-order valence-electron chi connectivity index (χ2n) is 5.17. The molecule has 3 N–H and O–H groups in total. The topological polar surface area (TPSA) is 137 Å². The first kappa shape index (κ1) is 17.7. The van der Waals surface area contributed by atoms with Gasteiger partial charge in [-0.05, 0) is 27.2 Å². The van der Waals surface area contributed by atoms with Gasteiger partial charge < -0.3 is 20.3 Å². The maximum Gasteiger partial charge on any atom is 0.408 e. The van der Waals surface area contributed by atoms with Crippen molar-refractivity contribution >= 4 is 18.0 Å². The number of carboxylic acid groups (broad SMARTS) is 2. The number of alkyl carbamates (subject to hydrolysis) is 1. The number of aliphatic carboxylic acids is 2. The van der Waals surface area contributed by atoms with Crippen molar-refractivity contribution < 1.29 is 29.3 Å². The fourth-order valence-electron chi connectivity index (χ4n) is 1.34. The molecule has 0 aliphatic heterocycles. The van der Waals surface area contributed by atoms with E-state index in [0.29, 0.717) is 0 Å². The van der Waals surface area contributed by atoms with E-state index in [1.165, 1.54) is 0 Å². The summed E-state index contributed by atoms with van der Waals surface area (Å²) in [6.45, 7) is 4.83. The van der Waals surface area contributed by atoms with Gasteiger partial charge >= 0.3 is 18.0 Å². The van der Waals surface area contributed by atoms with Crippen molar-refractivity contribution in [3.63, 3.8) is 0 Å². The van der Waals surface area contributed by atoms with Gasteiger partial charge in [0.25, 0.3) is 0 Å². The van der Waals surface area contributed by atoms with Crippen molar-refractivity contribution in [2.24, 2.45) is 5.92 Å². The number of hydrogen-bond acceptors (Lipinski definition) is 5. The minimum atomic E-state index is -1.43. The summed E-state index contributed by atoms with van der Waals surface area (Å²) in [7, 11) is 0. The molecule has 0 saturated carbocycles. The van der Waals surface area contributed by atoms with Crippen LogP contribution in [0.25, 0.3) is 0 Å². The molecule has 0 saturated heterocycles. The molecule has 112 valence electrons. The Morgan fingerprint density at radius 2 is 1.80 bits per heavy atom. The average molecular weight is 286 g/mol. The van der Waals surface area contributed by atoms with Gasteiger partial charge in [-0.2, -0.15) is 5.26 Å². The summed E-state index contributed by atoms with van der Waals surface area (Å²) in [4.78, 5) is 33.4. The van der Waals surface area contributed by atoms with Crippen molar-refractivity contribution in [3.8, 4) is 6.07 Å². The molecule has 8 nitrogen and oxygen atoms in total. The summed E-state index contributed by atoms with van der Waals surface area (Å²) < 4.78 is 4.89. The van der Waals surface area contributed by atoms with Crippen molar-refractivity contribution in [1.82, 2.24) is 5.32 Å². The van der Waals surface area contributed by atoms with Crippen molar-refractivity contribution in [2.75, 3.05) is 0 Å². The Labute approximate surface area is 116 Å². The number of amides is 1. The maximum atomic E-state index is 11.5. The number of carbonyl (C=O) groups excluding carboxylic acids is 1. The van der Waals surface area contributed by atoms with Crippen LogP contribution in [-0.2, 0) is 14.3 Å². The molecule has 0 aliphatic carbocycles. The summed E-state index contributed by atoms with van der Waals surface area (Å²) in [6, 6.07) is 0.236. The zero-order chi connectivity index (χ0) is 15.9. The number of hydrogen-bond donors (Lipinski definition) is 3. The molecule has 0 bridgehead atoms. The lowest BCUT2D eigenvalue weighted by Gasteiger charge is -2.22. The number of ether oxygens (including phenoxy) is 1. The molecule has 8 heteroatoms. The lowest BCUT2D eigenvalue weighted by Crippen LogP contribution is -2.45. The first-order valence-corrected chi connectivity index (χ1v) is 5.89. The molecular formula is C12H18N2O6. The number of nitrogens with zero attached hydrogens (tertiary/aromatic N) is 1. The van der Waals surface area contributed by atoms with E-state index in [0.717, 1.165) is 0 Å². The molecule has 0 aliphatic rings. The van der Waals surface area contributed by atoms with E-state index in [1.54, 1.807) is 26.8 Å². The predicted octanol–water partition coefficient (Wildman–Crippen LogP) is 0.969. The number of carboxylic acids is 2. The lowest BCUT2D eigenvalue weighted by atomic mass is 9.97. The predicted molar refractivity (Wildman–Crippen MR) is 66.8 cm³/mol. The van der Waals surface area contributed by atoms with E-state index >= 15 is 0 Å². The third kappa shape index (κ3) is 7.20. The van der Waals surface area contributed by atoms with Gasteiger partial charge in [0.05, 0.1) is 12.0 Å². The van der Waals surface area contributed by atoms with Crippen molar-refractivity contribution in [2.45, 2.75) is 45.3 Å². The Morgan fingerprint density at radius 1 is 1.25 bits per heavy atom. The number of nitriles is 1. The molecule has 1 unspecified atom stereocenters. The minimum absolute atomic E-state index is 0.338. The zero-order valence-electron chi connectivity index (χ0n) is 11.5. The fourth-order valence-corrected chi connectivity index (χ4v) is 1.34. The van der Waals surface area contributed by atoms with Crippen molar-refractivity contribution in [1.29, 1.82) is 5.26 Å². The van der Waals surface area contributed by atoms with Gasteiger partial charge in [0.1, 0.15) is 11.6 Å². The molecule has 0 spiro atoms. The second kappa shape index (κ2) is 7.33. The van der Waals surface area contributed by atoms with E-state index < -0.39 is 42.0 Å². The third-order valence-corrected chi connectivity index (χ3v) is 2.20. The molecule has 0 aromatic rings. The Hall–Kier alpha value is -2.30. The quantitative estimate of drug-likeness (QED) is 0.661. The first-order chi connectivity index (χ1) is 9.06. The van der Waals surface area contributed by atoms with Gasteiger partial charge in [-0.3, -0.25) is 4.79 Å². The van der Waals surface area contributed by atoms with Crippen LogP contribution >= 0.6 is 0 Å². The van der Waals surface area contributed by atoms with Gasteiger partial charge in [-0.1, -0.05) is 0 Å². The van der Waals surface area contributed by atoms with Gasteiger partial charge in [-0.15, -0.1) is 0 Å². The molecule has 2 atom stereocenters. The van der Waals surface area contributed by atoms with Crippen LogP contribution < -0.4 is 5.32 Å². The molecule has 0 aromatic carbocycles. The normalized spacial score (nSPS) is 13.7. The maximum absolute atomic E-state index is 11.5. The highest BCUT2D eigenvalue weighted by atomic mass is 16.6. The van der Waals surface area contributed by atoms with Crippen LogP contribution in [-0.4, -0.2) is 39.9 Å². The standard InChI is InChI=1S/C12H18N2O6/c1-12(2,3)20-11(19)14-8(10(17)18)6-7(4-5-13)9(15)16/h7-8H,4,6H2,1-3H3,(H,14,19)(H,15,16)(H,17,18)/t7-,8?/m0/s1. The molecule has 20 heavy (non-hydrogen) atoms. The van der Waals surface area contributed by atoms with Crippen LogP contribution in [0.5, 0.6) is 0 Å². The monoisotopic (exact) mass is 286 g/mol. The molecule has 0 rings (SSSR count). The Morgan fingerprint density at radius 3 is 2.15 bits per heavy atom. The molecule has 0 fully saturated rings. The van der Waals surface area contributed by atoms with E-state index in [9.17, 15) is 14.4 Å². The Balaban J connectivity index is 4.74. The largest absolute Gasteiger partial charge is 0.481 e. The lowest BCUT2D eigenvalue weighted by molar-refractivity contribution is -0.144. The highest BCUT2D eigenvalue weighted by Crippen LogP contribution is 2.13. The fraction of sp³-hybridized carbons (Fsp3) is 0.667. The van der Waals surface area contributed by atoms with Gasteiger partial charge in [0.15, 0.2) is 0 Å². The Bertz CT molecular complexity index is 421. The third-order valence-electron chi connectivity index (χ3n) is 2.20. The van der Waals surface area contributed by atoms with E-state index in [4.69, 9.17) is 20.2 Å². The summed E-state index contributed by atoms with van der Waals surface area (Å²) in [5.41, 5.74) is -0.800. The highest BCUT2D eigenvalue weighted by Gasteiger charge is 2.29. The SMILES string of the molecule is CC(C)(C)OC(=O)NC(C[C@H](CC#N)C(=O)O)C(=O)O. The molecule has 0 heterocycles. The Kier molecular flexibility index (Phi) is 6.49. The highest BCUT2D eigenvalue weighted by molar-refractivity contribution is 5.81. The van der Waals surface area contributed by atoms with E-state index in [2.05, 4.69) is 5.32 Å². The average Bonchev–Trinajstić information content (AvgIpc) is 2.24. The summed E-state index contributed by atoms with van der Waals surface area (Å²) in [5.74, 6) is -3.85. The summed E-state index contributed by atoms with van der Waals surface area (Å²) >= 11 is 0. The van der Waals surface area contributed by atoms with Crippen LogP contribution in [0, 0.1) is 17.2 Å². The molecule has 1 amide bonds. The van der Waals surface area contributed by atoms with Crippen LogP contribution in [0.2, 0.25) is 0 Å². The second-order valence-corrected chi connectivity index (χ2v) is 5.17. The van der Waals surface area contributed by atoms with Gasteiger partial charge in [0.2, 0.25) is 0 Å². The van der Waals surface area contributed by atoms with Crippen LogP contribution in [0.15, 0.2) is 0 Å². The van der Waals surface area contributed by atoms with E-state index in [1.807, 2.05) is 0 Å². The van der Waals surface area contributed by atoms with E-state index in [-0.39, 0.29) is 6.42 Å². The number of rotatable bonds is 6. The van der Waals surface area contributed by atoms with Crippen LogP contribution in [0.4, 0.5) is 4.79 Å². The number of nitrogens with one attached hydrogen (secondary N) is 1. The summed E-state index contributed by atoms with van der Waals surface area (Å²) in [6.07, 6.45) is -1.68. The number of carbonyl (C=O) groups is 3. The minimum Gasteiger partial charge on any atom is -0.481 e. The molecule has 0 aromatic heterocycles. The molecular weight excluding hydrogens is 268 g/mol.